The minimum absolute atomic E-state index is 0.110. The molecule has 0 atom stereocenters. The first-order valence-electron chi connectivity index (χ1n) is 6.14. The fraction of sp³-hybridized carbons (Fsp3) is 0.917. The molecule has 0 unspecified atom stereocenters. The Labute approximate surface area is 94.0 Å². The Bertz CT molecular complexity index is 158. The predicted molar refractivity (Wildman–Crippen MR) is 64.9 cm³/mol. The van der Waals surface area contributed by atoms with E-state index in [4.69, 9.17) is 0 Å². The van der Waals surface area contributed by atoms with E-state index in [2.05, 4.69) is 31.4 Å². The highest BCUT2D eigenvalue weighted by Gasteiger charge is 2.00. The number of hydrogen-bond acceptors (Lipinski definition) is 2. The molecular weight excluding hydrogens is 188 g/mol. The van der Waals surface area contributed by atoms with Gasteiger partial charge in [0, 0.05) is 6.54 Å². The number of amides is 1. The molecule has 0 aromatic heterocycles. The van der Waals surface area contributed by atoms with E-state index in [1.54, 1.807) is 0 Å². The summed E-state index contributed by atoms with van der Waals surface area (Å²) in [5.74, 6) is 0.637. The summed E-state index contributed by atoms with van der Waals surface area (Å²) in [7, 11) is 0. The van der Waals surface area contributed by atoms with Crippen LogP contribution < -0.4 is 10.6 Å². The fourth-order valence-electron chi connectivity index (χ4n) is 1.26. The molecule has 15 heavy (non-hydrogen) atoms. The van der Waals surface area contributed by atoms with Crippen molar-refractivity contribution < 1.29 is 4.79 Å². The minimum Gasteiger partial charge on any atom is -0.355 e. The molecule has 0 aliphatic heterocycles. The topological polar surface area (TPSA) is 41.1 Å². The van der Waals surface area contributed by atoms with Crippen LogP contribution in [0.4, 0.5) is 0 Å². The molecular formula is C12H26N2O. The number of hydrogen-bond donors (Lipinski definition) is 2. The number of rotatable bonds is 9. The van der Waals surface area contributed by atoms with Crippen LogP contribution in [0.15, 0.2) is 0 Å². The van der Waals surface area contributed by atoms with E-state index in [0.717, 1.165) is 13.1 Å². The van der Waals surface area contributed by atoms with Crippen molar-refractivity contribution in [1.29, 1.82) is 0 Å². The van der Waals surface area contributed by atoms with E-state index in [1.165, 1.54) is 25.7 Å². The summed E-state index contributed by atoms with van der Waals surface area (Å²) in [5, 5.41) is 6.04. The van der Waals surface area contributed by atoms with Gasteiger partial charge in [0.1, 0.15) is 0 Å². The van der Waals surface area contributed by atoms with Crippen molar-refractivity contribution in [2.45, 2.75) is 46.5 Å². The van der Waals surface area contributed by atoms with Gasteiger partial charge in [0.15, 0.2) is 0 Å². The van der Waals surface area contributed by atoms with Gasteiger partial charge in [-0.2, -0.15) is 0 Å². The average Bonchev–Trinajstić information content (AvgIpc) is 2.20. The number of carbonyl (C=O) groups is 1. The van der Waals surface area contributed by atoms with Crippen molar-refractivity contribution in [3.63, 3.8) is 0 Å². The van der Waals surface area contributed by atoms with Gasteiger partial charge in [-0.1, -0.05) is 40.0 Å². The summed E-state index contributed by atoms with van der Waals surface area (Å²) in [6.45, 7) is 8.58. The Hall–Kier alpha value is -0.570. The zero-order valence-corrected chi connectivity index (χ0v) is 10.4. The molecule has 0 rings (SSSR count). The van der Waals surface area contributed by atoms with Crippen molar-refractivity contribution in [3.8, 4) is 0 Å². The fourth-order valence-corrected chi connectivity index (χ4v) is 1.26. The standard InChI is InChI=1S/C12H26N2O/c1-4-5-6-7-8-13-10-12(15)14-9-11(2)3/h11,13H,4-10H2,1-3H3,(H,14,15). The van der Waals surface area contributed by atoms with Gasteiger partial charge < -0.3 is 10.6 Å². The van der Waals surface area contributed by atoms with Crippen molar-refractivity contribution >= 4 is 5.91 Å². The lowest BCUT2D eigenvalue weighted by atomic mass is 10.2. The molecule has 3 heteroatoms. The van der Waals surface area contributed by atoms with Crippen molar-refractivity contribution in [3.05, 3.63) is 0 Å². The van der Waals surface area contributed by atoms with E-state index in [0.29, 0.717) is 12.5 Å². The van der Waals surface area contributed by atoms with Gasteiger partial charge in [0.25, 0.3) is 0 Å². The van der Waals surface area contributed by atoms with Gasteiger partial charge in [0.2, 0.25) is 5.91 Å². The van der Waals surface area contributed by atoms with Crippen molar-refractivity contribution in [2.75, 3.05) is 19.6 Å². The molecule has 0 aliphatic rings. The van der Waals surface area contributed by atoms with Gasteiger partial charge in [-0.3, -0.25) is 4.79 Å². The second kappa shape index (κ2) is 9.97. The second-order valence-corrected chi connectivity index (χ2v) is 4.44. The molecule has 0 aromatic carbocycles. The highest BCUT2D eigenvalue weighted by molar-refractivity contribution is 5.77. The van der Waals surface area contributed by atoms with Gasteiger partial charge in [-0.15, -0.1) is 0 Å². The van der Waals surface area contributed by atoms with E-state index < -0.39 is 0 Å². The van der Waals surface area contributed by atoms with Gasteiger partial charge in [-0.25, -0.2) is 0 Å². The molecule has 0 aliphatic carbocycles. The molecule has 3 nitrogen and oxygen atoms in total. The molecule has 0 radical (unpaired) electrons. The highest BCUT2D eigenvalue weighted by atomic mass is 16.1. The Morgan fingerprint density at radius 3 is 2.53 bits per heavy atom. The van der Waals surface area contributed by atoms with Crippen LogP contribution >= 0.6 is 0 Å². The van der Waals surface area contributed by atoms with Gasteiger partial charge >= 0.3 is 0 Å². The first-order valence-corrected chi connectivity index (χ1v) is 6.14. The lowest BCUT2D eigenvalue weighted by Gasteiger charge is -2.08. The van der Waals surface area contributed by atoms with Crippen LogP contribution in [0.3, 0.4) is 0 Å². The molecule has 0 bridgehead atoms. The maximum atomic E-state index is 11.3. The second-order valence-electron chi connectivity index (χ2n) is 4.44. The Morgan fingerprint density at radius 2 is 1.93 bits per heavy atom. The molecule has 1 amide bonds. The third-order valence-corrected chi connectivity index (χ3v) is 2.20. The number of carbonyl (C=O) groups excluding carboxylic acids is 1. The van der Waals surface area contributed by atoms with E-state index in [9.17, 15) is 4.79 Å². The molecule has 0 heterocycles. The molecule has 0 aromatic rings. The molecule has 0 spiro atoms. The first-order chi connectivity index (χ1) is 7.16. The third kappa shape index (κ3) is 11.4. The molecule has 2 N–H and O–H groups in total. The summed E-state index contributed by atoms with van der Waals surface area (Å²) in [4.78, 5) is 11.3. The summed E-state index contributed by atoms with van der Waals surface area (Å²) < 4.78 is 0. The quantitative estimate of drug-likeness (QED) is 0.576. The Kier molecular flexibility index (Phi) is 9.59. The van der Waals surface area contributed by atoms with E-state index in [1.807, 2.05) is 0 Å². The largest absolute Gasteiger partial charge is 0.355 e. The van der Waals surface area contributed by atoms with Crippen LogP contribution in [0.2, 0.25) is 0 Å². The Morgan fingerprint density at radius 1 is 1.20 bits per heavy atom. The first kappa shape index (κ1) is 14.4. The SMILES string of the molecule is CCCCCCNCC(=O)NCC(C)C. The van der Waals surface area contributed by atoms with Crippen LogP contribution in [0.25, 0.3) is 0 Å². The summed E-state index contributed by atoms with van der Waals surface area (Å²) in [6, 6.07) is 0. The van der Waals surface area contributed by atoms with Gasteiger partial charge in [-0.05, 0) is 18.9 Å². The monoisotopic (exact) mass is 214 g/mol. The summed E-state index contributed by atoms with van der Waals surface area (Å²) in [6.07, 6.45) is 4.98. The predicted octanol–water partition coefficient (Wildman–Crippen LogP) is 1.93. The molecule has 0 saturated carbocycles. The van der Waals surface area contributed by atoms with Crippen LogP contribution in [-0.4, -0.2) is 25.5 Å². The third-order valence-electron chi connectivity index (χ3n) is 2.20. The minimum atomic E-state index is 0.110. The number of unbranched alkanes of at least 4 members (excludes halogenated alkanes) is 3. The maximum absolute atomic E-state index is 11.3. The van der Waals surface area contributed by atoms with Crippen molar-refractivity contribution in [1.82, 2.24) is 10.6 Å². The molecule has 0 saturated heterocycles. The lowest BCUT2D eigenvalue weighted by molar-refractivity contribution is -0.120. The lowest BCUT2D eigenvalue weighted by Crippen LogP contribution is -2.36. The van der Waals surface area contributed by atoms with Crippen LogP contribution in [0, 0.1) is 5.92 Å². The summed E-state index contributed by atoms with van der Waals surface area (Å²) >= 11 is 0. The van der Waals surface area contributed by atoms with Crippen molar-refractivity contribution in [2.24, 2.45) is 5.92 Å². The van der Waals surface area contributed by atoms with Crippen LogP contribution in [-0.2, 0) is 4.79 Å². The zero-order chi connectivity index (χ0) is 11.5. The smallest absolute Gasteiger partial charge is 0.233 e. The van der Waals surface area contributed by atoms with Gasteiger partial charge in [0.05, 0.1) is 6.54 Å². The number of nitrogens with one attached hydrogen (secondary N) is 2. The van der Waals surface area contributed by atoms with Crippen LogP contribution in [0.1, 0.15) is 46.5 Å². The average molecular weight is 214 g/mol. The normalized spacial score (nSPS) is 10.7. The van der Waals surface area contributed by atoms with Crippen LogP contribution in [0.5, 0.6) is 0 Å². The highest BCUT2D eigenvalue weighted by Crippen LogP contribution is 1.96. The van der Waals surface area contributed by atoms with E-state index >= 15 is 0 Å². The summed E-state index contributed by atoms with van der Waals surface area (Å²) in [5.41, 5.74) is 0. The molecule has 90 valence electrons. The maximum Gasteiger partial charge on any atom is 0.233 e. The Balaban J connectivity index is 3.17. The van der Waals surface area contributed by atoms with E-state index in [-0.39, 0.29) is 5.91 Å². The zero-order valence-electron chi connectivity index (χ0n) is 10.4. The molecule has 0 fully saturated rings.